The lowest BCUT2D eigenvalue weighted by atomic mass is 10.0. The Morgan fingerprint density at radius 1 is 1.18 bits per heavy atom. The number of aryl methyl sites for hydroxylation is 2. The number of hydrogen-bond donors (Lipinski definition) is 2. The number of rotatable bonds is 1. The molecule has 0 saturated heterocycles. The first kappa shape index (κ1) is 11.9. The van der Waals surface area contributed by atoms with Crippen molar-refractivity contribution in [2.24, 2.45) is 0 Å². The summed E-state index contributed by atoms with van der Waals surface area (Å²) in [6.07, 6.45) is 0. The SMILES string of the molecule is Cc1cc(C)c2c(N)ccc(S(=O)(=O)O)c2c1. The van der Waals surface area contributed by atoms with Gasteiger partial charge < -0.3 is 5.73 Å². The molecule has 0 aromatic heterocycles. The van der Waals surface area contributed by atoms with Gasteiger partial charge in [-0.15, -0.1) is 0 Å². The summed E-state index contributed by atoms with van der Waals surface area (Å²) in [7, 11) is -4.24. The topological polar surface area (TPSA) is 80.4 Å². The second-order valence-corrected chi connectivity index (χ2v) is 5.52. The molecule has 0 spiro atoms. The predicted molar refractivity (Wildman–Crippen MR) is 67.6 cm³/mol. The number of benzene rings is 2. The molecule has 0 atom stereocenters. The van der Waals surface area contributed by atoms with Gasteiger partial charge in [-0.2, -0.15) is 8.42 Å². The van der Waals surface area contributed by atoms with Crippen molar-refractivity contribution in [2.45, 2.75) is 18.7 Å². The standard InChI is InChI=1S/C12H13NO3S/c1-7-5-8(2)12-9(6-7)11(17(14,15)16)4-3-10(12)13/h3-6H,13H2,1-2H3,(H,14,15,16). The minimum absolute atomic E-state index is 0.103. The number of nitrogens with two attached hydrogens (primary N) is 1. The van der Waals surface area contributed by atoms with Crippen LogP contribution in [0.1, 0.15) is 11.1 Å². The van der Waals surface area contributed by atoms with E-state index in [1.807, 2.05) is 19.9 Å². The zero-order valence-corrected chi connectivity index (χ0v) is 10.4. The quantitative estimate of drug-likeness (QED) is 0.602. The van der Waals surface area contributed by atoms with Crippen molar-refractivity contribution >= 4 is 26.6 Å². The molecule has 0 unspecified atom stereocenters. The highest BCUT2D eigenvalue weighted by molar-refractivity contribution is 7.86. The van der Waals surface area contributed by atoms with Gasteiger partial charge in [-0.1, -0.05) is 11.6 Å². The summed E-state index contributed by atoms with van der Waals surface area (Å²) in [6, 6.07) is 6.45. The lowest BCUT2D eigenvalue weighted by Crippen LogP contribution is -2.01. The molecule has 17 heavy (non-hydrogen) atoms. The molecule has 0 amide bonds. The molecular formula is C12H13NO3S. The highest BCUT2D eigenvalue weighted by atomic mass is 32.2. The van der Waals surface area contributed by atoms with Crippen LogP contribution >= 0.6 is 0 Å². The molecule has 0 aliphatic heterocycles. The highest BCUT2D eigenvalue weighted by Gasteiger charge is 2.16. The van der Waals surface area contributed by atoms with E-state index in [0.717, 1.165) is 11.1 Å². The molecule has 0 heterocycles. The van der Waals surface area contributed by atoms with E-state index in [1.54, 1.807) is 6.07 Å². The van der Waals surface area contributed by atoms with Gasteiger partial charge in [-0.25, -0.2) is 0 Å². The number of hydrogen-bond acceptors (Lipinski definition) is 3. The molecule has 5 heteroatoms. The van der Waals surface area contributed by atoms with Crippen LogP contribution in [0.15, 0.2) is 29.2 Å². The minimum atomic E-state index is -4.24. The largest absolute Gasteiger partial charge is 0.398 e. The molecule has 2 aromatic rings. The summed E-state index contributed by atoms with van der Waals surface area (Å²) in [5.41, 5.74) is 8.16. The van der Waals surface area contributed by atoms with Crippen LogP contribution in [-0.4, -0.2) is 13.0 Å². The summed E-state index contributed by atoms with van der Waals surface area (Å²) in [5.74, 6) is 0. The van der Waals surface area contributed by atoms with Crippen molar-refractivity contribution in [3.8, 4) is 0 Å². The Morgan fingerprint density at radius 2 is 1.82 bits per heavy atom. The van der Waals surface area contributed by atoms with E-state index in [4.69, 9.17) is 5.73 Å². The molecule has 2 rings (SSSR count). The van der Waals surface area contributed by atoms with Crippen LogP contribution in [0.4, 0.5) is 5.69 Å². The van der Waals surface area contributed by atoms with Crippen LogP contribution in [-0.2, 0) is 10.1 Å². The fourth-order valence-electron chi connectivity index (χ4n) is 2.11. The predicted octanol–water partition coefficient (Wildman–Crippen LogP) is 2.29. The lowest BCUT2D eigenvalue weighted by molar-refractivity contribution is 0.484. The van der Waals surface area contributed by atoms with Crippen LogP contribution in [0.2, 0.25) is 0 Å². The van der Waals surface area contributed by atoms with Crippen LogP contribution in [0.25, 0.3) is 10.8 Å². The van der Waals surface area contributed by atoms with Crippen LogP contribution in [0, 0.1) is 13.8 Å². The van der Waals surface area contributed by atoms with Gasteiger partial charge >= 0.3 is 0 Å². The van der Waals surface area contributed by atoms with Gasteiger partial charge in [0, 0.05) is 16.5 Å². The third-order valence-corrected chi connectivity index (χ3v) is 3.64. The smallest absolute Gasteiger partial charge is 0.295 e. The van der Waals surface area contributed by atoms with Gasteiger partial charge in [-0.3, -0.25) is 4.55 Å². The van der Waals surface area contributed by atoms with Crippen molar-refractivity contribution in [1.29, 1.82) is 0 Å². The average molecular weight is 251 g/mol. The first-order chi connectivity index (χ1) is 7.80. The Hall–Kier alpha value is -1.59. The van der Waals surface area contributed by atoms with Crippen LogP contribution in [0.5, 0.6) is 0 Å². The van der Waals surface area contributed by atoms with Crippen molar-refractivity contribution in [2.75, 3.05) is 5.73 Å². The average Bonchev–Trinajstić information content (AvgIpc) is 2.14. The Balaban J connectivity index is 3.05. The summed E-state index contributed by atoms with van der Waals surface area (Å²) in [6.45, 7) is 3.73. The molecule has 90 valence electrons. The van der Waals surface area contributed by atoms with Gasteiger partial charge in [0.25, 0.3) is 10.1 Å². The monoisotopic (exact) mass is 251 g/mol. The molecule has 2 aromatic carbocycles. The third kappa shape index (κ3) is 1.99. The van der Waals surface area contributed by atoms with E-state index in [2.05, 4.69) is 0 Å². The molecule has 0 aliphatic carbocycles. The van der Waals surface area contributed by atoms with E-state index < -0.39 is 10.1 Å². The summed E-state index contributed by atoms with van der Waals surface area (Å²) < 4.78 is 31.8. The van der Waals surface area contributed by atoms with Gasteiger partial charge in [-0.05, 0) is 37.6 Å². The minimum Gasteiger partial charge on any atom is -0.398 e. The van der Waals surface area contributed by atoms with Gasteiger partial charge in [0.15, 0.2) is 0 Å². The zero-order chi connectivity index (χ0) is 12.8. The Bertz CT molecular complexity index is 705. The van der Waals surface area contributed by atoms with Crippen molar-refractivity contribution < 1.29 is 13.0 Å². The van der Waals surface area contributed by atoms with Crippen molar-refractivity contribution in [1.82, 2.24) is 0 Å². The van der Waals surface area contributed by atoms with Crippen LogP contribution < -0.4 is 5.73 Å². The van der Waals surface area contributed by atoms with Crippen molar-refractivity contribution in [3.63, 3.8) is 0 Å². The lowest BCUT2D eigenvalue weighted by Gasteiger charge is -2.10. The third-order valence-electron chi connectivity index (χ3n) is 2.73. The molecule has 3 N–H and O–H groups in total. The first-order valence-corrected chi connectivity index (χ1v) is 6.51. The maximum Gasteiger partial charge on any atom is 0.295 e. The van der Waals surface area contributed by atoms with E-state index in [-0.39, 0.29) is 4.90 Å². The van der Waals surface area contributed by atoms with E-state index in [1.165, 1.54) is 12.1 Å². The second kappa shape index (κ2) is 3.72. The molecule has 0 fully saturated rings. The summed E-state index contributed by atoms with van der Waals surface area (Å²) in [5, 5.41) is 1.13. The number of fused-ring (bicyclic) bond motifs is 1. The van der Waals surface area contributed by atoms with Crippen molar-refractivity contribution in [3.05, 3.63) is 35.4 Å². The fraction of sp³-hybridized carbons (Fsp3) is 0.167. The number of anilines is 1. The maximum atomic E-state index is 11.3. The molecule has 0 bridgehead atoms. The second-order valence-electron chi connectivity index (χ2n) is 4.13. The normalized spacial score (nSPS) is 11.9. The van der Waals surface area contributed by atoms with Gasteiger partial charge in [0.1, 0.15) is 4.90 Å². The maximum absolute atomic E-state index is 11.3. The van der Waals surface area contributed by atoms with Gasteiger partial charge in [0.05, 0.1) is 0 Å². The molecule has 0 aliphatic rings. The molecule has 0 radical (unpaired) electrons. The van der Waals surface area contributed by atoms with E-state index in [9.17, 15) is 13.0 Å². The molecule has 4 nitrogen and oxygen atoms in total. The van der Waals surface area contributed by atoms with Crippen LogP contribution in [0.3, 0.4) is 0 Å². The highest BCUT2D eigenvalue weighted by Crippen LogP contribution is 2.31. The van der Waals surface area contributed by atoms with E-state index in [0.29, 0.717) is 16.5 Å². The van der Waals surface area contributed by atoms with Gasteiger partial charge in [0.2, 0.25) is 0 Å². The number of nitrogen functional groups attached to an aromatic ring is 1. The fourth-order valence-corrected chi connectivity index (χ4v) is 2.79. The van der Waals surface area contributed by atoms with E-state index >= 15 is 0 Å². The molecule has 0 saturated carbocycles. The Labute approximate surface area is 99.8 Å². The Morgan fingerprint density at radius 3 is 2.41 bits per heavy atom. The summed E-state index contributed by atoms with van der Waals surface area (Å²) in [4.78, 5) is -0.103. The Kier molecular flexibility index (Phi) is 2.60. The first-order valence-electron chi connectivity index (χ1n) is 5.07. The zero-order valence-electron chi connectivity index (χ0n) is 9.56. The molecular weight excluding hydrogens is 238 g/mol. The summed E-state index contributed by atoms with van der Waals surface area (Å²) >= 11 is 0.